The van der Waals surface area contributed by atoms with Crippen molar-refractivity contribution in [1.82, 2.24) is 0 Å². The zero-order valence-electron chi connectivity index (χ0n) is 16.0. The van der Waals surface area contributed by atoms with E-state index in [1.54, 1.807) is 13.8 Å². The molecule has 0 aliphatic carbocycles. The maximum Gasteiger partial charge on any atom is 0.335 e. The molecule has 1 aliphatic rings. The van der Waals surface area contributed by atoms with Crippen molar-refractivity contribution in [2.75, 3.05) is 11.6 Å². The first-order chi connectivity index (χ1) is 14.2. The Morgan fingerprint density at radius 3 is 2.70 bits per heavy atom. The Labute approximate surface area is 170 Å². The van der Waals surface area contributed by atoms with Crippen LogP contribution >= 0.6 is 0 Å². The lowest BCUT2D eigenvalue weighted by Crippen LogP contribution is -2.21. The van der Waals surface area contributed by atoms with Gasteiger partial charge in [-0.15, -0.1) is 0 Å². The Hall–Kier alpha value is -4.21. The molecule has 0 saturated heterocycles. The van der Waals surface area contributed by atoms with Crippen molar-refractivity contribution >= 4 is 35.0 Å². The van der Waals surface area contributed by atoms with E-state index in [0.717, 1.165) is 11.1 Å². The molecule has 10 nitrogen and oxygen atoms in total. The third-order valence-corrected chi connectivity index (χ3v) is 4.30. The van der Waals surface area contributed by atoms with Gasteiger partial charge in [-0.05, 0) is 44.2 Å². The van der Waals surface area contributed by atoms with Crippen LogP contribution in [-0.4, -0.2) is 34.2 Å². The van der Waals surface area contributed by atoms with Crippen LogP contribution in [0.15, 0.2) is 47.1 Å². The second kappa shape index (κ2) is 8.03. The largest absolute Gasteiger partial charge is 0.870 e. The van der Waals surface area contributed by atoms with Gasteiger partial charge in [-0.25, -0.2) is 4.79 Å². The number of nitro groups is 1. The van der Waals surface area contributed by atoms with Crippen molar-refractivity contribution in [2.24, 2.45) is 5.10 Å². The minimum absolute atomic E-state index is 0.0158. The molecule has 2 aromatic rings. The predicted molar refractivity (Wildman–Crippen MR) is 106 cm³/mol. The van der Waals surface area contributed by atoms with Gasteiger partial charge < -0.3 is 14.9 Å². The normalized spacial score (nSPS) is 14.7. The van der Waals surface area contributed by atoms with Gasteiger partial charge in [-0.3, -0.25) is 14.9 Å². The van der Waals surface area contributed by atoms with Crippen LogP contribution in [-0.2, 0) is 4.79 Å². The molecule has 1 amide bonds. The van der Waals surface area contributed by atoms with E-state index in [0.29, 0.717) is 0 Å². The summed E-state index contributed by atoms with van der Waals surface area (Å²) in [7, 11) is 0. The van der Waals surface area contributed by atoms with Crippen LogP contribution in [0, 0.1) is 10.1 Å². The number of hydrazone groups is 1. The maximum atomic E-state index is 12.9. The van der Waals surface area contributed by atoms with E-state index in [-0.39, 0.29) is 34.7 Å². The summed E-state index contributed by atoms with van der Waals surface area (Å²) in [5, 5.41) is 37.9. The zero-order chi connectivity index (χ0) is 22.0. The van der Waals surface area contributed by atoms with Gasteiger partial charge in [-0.1, -0.05) is 17.9 Å². The van der Waals surface area contributed by atoms with Gasteiger partial charge in [-0.2, -0.15) is 10.1 Å². The highest BCUT2D eigenvalue weighted by Gasteiger charge is 2.31. The lowest BCUT2D eigenvalue weighted by molar-refractivity contribution is -0.387. The Balaban J connectivity index is 2.06. The second-order valence-electron chi connectivity index (χ2n) is 6.24. The topological polar surface area (TPSA) is 145 Å². The predicted octanol–water partition coefficient (Wildman–Crippen LogP) is 2.57. The van der Waals surface area contributed by atoms with Crippen molar-refractivity contribution in [1.29, 1.82) is 0 Å². The number of carbonyl (C=O) groups excluding carboxylic acids is 1. The standard InChI is InChI=1S/C20H17N3O7/c1-3-30-18-16(24)8-7-12(17(18)23(28)29)10-15-11(2)21-22(19(15)25)14-6-4-5-13(9-14)20(26)27/h4-10,24H,3H2,1-2H3,(H,26,27)/p-1/b15-10+. The smallest absolute Gasteiger partial charge is 0.335 e. The lowest BCUT2D eigenvalue weighted by atomic mass is 10.0. The molecule has 2 aromatic carbocycles. The molecule has 0 bridgehead atoms. The van der Waals surface area contributed by atoms with Crippen molar-refractivity contribution < 1.29 is 29.5 Å². The Kier molecular flexibility index (Phi) is 5.50. The number of hydrogen-bond acceptors (Lipinski definition) is 7. The molecule has 0 saturated carbocycles. The van der Waals surface area contributed by atoms with E-state index in [4.69, 9.17) is 9.84 Å². The summed E-state index contributed by atoms with van der Waals surface area (Å²) >= 11 is 0. The highest BCUT2D eigenvalue weighted by atomic mass is 16.6. The van der Waals surface area contributed by atoms with Crippen molar-refractivity contribution in [3.05, 3.63) is 63.2 Å². The molecule has 154 valence electrons. The van der Waals surface area contributed by atoms with Crippen LogP contribution in [0.2, 0.25) is 0 Å². The summed E-state index contributed by atoms with van der Waals surface area (Å²) in [4.78, 5) is 34.9. The molecule has 1 aliphatic heterocycles. The number of carboxylic acid groups (broad SMARTS) is 1. The number of rotatable bonds is 6. The molecule has 0 spiro atoms. The summed E-state index contributed by atoms with van der Waals surface area (Å²) in [6.45, 7) is 3.19. The zero-order valence-corrected chi connectivity index (χ0v) is 16.0. The first-order valence-corrected chi connectivity index (χ1v) is 8.80. The highest BCUT2D eigenvalue weighted by Crippen LogP contribution is 2.39. The van der Waals surface area contributed by atoms with Gasteiger partial charge in [0.05, 0.1) is 39.6 Å². The van der Waals surface area contributed by atoms with E-state index >= 15 is 0 Å². The molecule has 0 radical (unpaired) electrons. The molecular weight excluding hydrogens is 394 g/mol. The average Bonchev–Trinajstić information content (AvgIpc) is 2.98. The summed E-state index contributed by atoms with van der Waals surface area (Å²) < 4.78 is 5.15. The Bertz CT molecular complexity index is 1120. The quantitative estimate of drug-likeness (QED) is 0.437. The molecule has 1 heterocycles. The van der Waals surface area contributed by atoms with Crippen molar-refractivity contribution in [3.63, 3.8) is 0 Å². The minimum atomic E-state index is -1.16. The number of nitro benzene ring substituents is 1. The lowest BCUT2D eigenvalue weighted by Gasteiger charge is -2.15. The van der Waals surface area contributed by atoms with E-state index in [1.807, 2.05) is 0 Å². The number of amides is 1. The van der Waals surface area contributed by atoms with Gasteiger partial charge in [0.25, 0.3) is 5.91 Å². The summed E-state index contributed by atoms with van der Waals surface area (Å²) in [5.41, 5.74) is 0.0423. The van der Waals surface area contributed by atoms with Crippen LogP contribution < -0.4 is 14.9 Å². The Morgan fingerprint density at radius 2 is 2.07 bits per heavy atom. The van der Waals surface area contributed by atoms with Crippen LogP contribution in [0.4, 0.5) is 11.4 Å². The number of aromatic carboxylic acids is 1. The van der Waals surface area contributed by atoms with E-state index in [2.05, 4.69) is 5.10 Å². The SMILES string of the molecule is CCOc1c([O-])ccc(/C=C2/C(=O)N(c3cccc(C(=O)O)c3)N=C2C)c1[N+](=O)[O-]. The fourth-order valence-electron chi connectivity index (χ4n) is 2.94. The number of ether oxygens (including phenoxy) is 1. The molecule has 10 heteroatoms. The number of nitrogens with zero attached hydrogens (tertiary/aromatic N) is 3. The van der Waals surface area contributed by atoms with Crippen LogP contribution in [0.25, 0.3) is 6.08 Å². The first kappa shape index (κ1) is 20.5. The molecule has 0 unspecified atom stereocenters. The van der Waals surface area contributed by atoms with Gasteiger partial charge >= 0.3 is 11.7 Å². The van der Waals surface area contributed by atoms with Crippen molar-refractivity contribution in [2.45, 2.75) is 13.8 Å². The molecule has 0 aromatic heterocycles. The molecule has 0 atom stereocenters. The monoisotopic (exact) mass is 410 g/mol. The summed E-state index contributed by atoms with van der Waals surface area (Å²) in [6.07, 6.45) is 1.27. The molecule has 3 rings (SSSR count). The summed E-state index contributed by atoms with van der Waals surface area (Å²) in [5.74, 6) is -2.78. The second-order valence-corrected chi connectivity index (χ2v) is 6.24. The number of carboxylic acids is 1. The molecule has 0 fully saturated rings. The van der Waals surface area contributed by atoms with E-state index < -0.39 is 34.0 Å². The van der Waals surface area contributed by atoms with Crippen LogP contribution in [0.3, 0.4) is 0 Å². The maximum absolute atomic E-state index is 12.9. The molecular formula is C20H16N3O7-. The van der Waals surface area contributed by atoms with Gasteiger partial charge in [0, 0.05) is 0 Å². The van der Waals surface area contributed by atoms with E-state index in [9.17, 15) is 24.8 Å². The number of benzene rings is 2. The summed E-state index contributed by atoms with van der Waals surface area (Å²) in [6, 6.07) is 8.04. The first-order valence-electron chi connectivity index (χ1n) is 8.80. The van der Waals surface area contributed by atoms with Crippen LogP contribution in [0.5, 0.6) is 11.5 Å². The fourth-order valence-corrected chi connectivity index (χ4v) is 2.94. The third kappa shape index (κ3) is 3.70. The Morgan fingerprint density at radius 1 is 1.33 bits per heavy atom. The average molecular weight is 410 g/mol. The minimum Gasteiger partial charge on any atom is -0.870 e. The fraction of sp³-hybridized carbons (Fsp3) is 0.150. The van der Waals surface area contributed by atoms with E-state index in [1.165, 1.54) is 36.4 Å². The number of hydrogen-bond donors (Lipinski definition) is 1. The van der Waals surface area contributed by atoms with Crippen molar-refractivity contribution in [3.8, 4) is 11.5 Å². The van der Waals surface area contributed by atoms with Gasteiger partial charge in [0.15, 0.2) is 5.75 Å². The number of carbonyl (C=O) groups is 2. The third-order valence-electron chi connectivity index (χ3n) is 4.30. The highest BCUT2D eigenvalue weighted by molar-refractivity contribution is 6.32. The molecule has 30 heavy (non-hydrogen) atoms. The number of anilines is 1. The molecule has 1 N–H and O–H groups in total. The van der Waals surface area contributed by atoms with Gasteiger partial charge in [0.1, 0.15) is 0 Å². The van der Waals surface area contributed by atoms with Gasteiger partial charge in [0.2, 0.25) is 0 Å². The van der Waals surface area contributed by atoms with Crippen LogP contribution in [0.1, 0.15) is 29.8 Å².